The number of aromatic nitrogens is 2. The maximum atomic E-state index is 12.3. The minimum Gasteiger partial charge on any atom is -0.381 e. The van der Waals surface area contributed by atoms with Crippen molar-refractivity contribution in [3.8, 4) is 0 Å². The number of hydrogen-bond acceptors (Lipinski definition) is 6. The minimum atomic E-state index is 0.244. The second kappa shape index (κ2) is 6.48. The van der Waals surface area contributed by atoms with Crippen LogP contribution in [-0.2, 0) is 9.53 Å². The van der Waals surface area contributed by atoms with Crippen molar-refractivity contribution >= 4 is 17.7 Å². The third-order valence-electron chi connectivity index (χ3n) is 4.30. The highest BCUT2D eigenvalue weighted by atomic mass is 16.5. The quantitative estimate of drug-likeness (QED) is 0.872. The van der Waals surface area contributed by atoms with Crippen molar-refractivity contribution in [1.82, 2.24) is 14.9 Å². The summed E-state index contributed by atoms with van der Waals surface area (Å²) in [6.07, 6.45) is 1.62. The van der Waals surface area contributed by atoms with Gasteiger partial charge in [-0.3, -0.25) is 4.79 Å². The number of nitrogens with zero attached hydrogens (tertiary/aromatic N) is 4. The summed E-state index contributed by atoms with van der Waals surface area (Å²) in [5.41, 5.74) is 6.57. The van der Waals surface area contributed by atoms with Crippen LogP contribution in [0, 0.1) is 12.8 Å². The molecule has 7 heteroatoms. The molecule has 2 aliphatic rings. The number of nitrogens with two attached hydrogens (primary N) is 1. The van der Waals surface area contributed by atoms with Crippen LogP contribution in [0.25, 0.3) is 0 Å². The van der Waals surface area contributed by atoms with Crippen LogP contribution in [0.15, 0.2) is 6.07 Å². The third-order valence-corrected chi connectivity index (χ3v) is 4.30. The van der Waals surface area contributed by atoms with Gasteiger partial charge in [0.25, 0.3) is 0 Å². The predicted molar refractivity (Wildman–Crippen MR) is 83.5 cm³/mol. The van der Waals surface area contributed by atoms with Crippen molar-refractivity contribution in [1.29, 1.82) is 0 Å². The number of carbonyl (C=O) groups excluding carboxylic acids is 1. The lowest BCUT2D eigenvalue weighted by molar-refractivity contribution is -0.132. The van der Waals surface area contributed by atoms with Gasteiger partial charge in [-0.15, -0.1) is 0 Å². The molecule has 1 atom stereocenters. The fourth-order valence-electron chi connectivity index (χ4n) is 3.04. The molecule has 0 aromatic carbocycles. The fraction of sp³-hybridized carbons (Fsp3) is 0.667. The lowest BCUT2D eigenvalue weighted by Gasteiger charge is -2.35. The van der Waals surface area contributed by atoms with Crippen LogP contribution in [0.5, 0.6) is 0 Å². The summed E-state index contributed by atoms with van der Waals surface area (Å²) < 4.78 is 5.34. The highest BCUT2D eigenvalue weighted by Gasteiger charge is 2.26. The van der Waals surface area contributed by atoms with E-state index in [1.54, 1.807) is 0 Å². The number of ether oxygens (including phenoxy) is 1. The Balaban J connectivity index is 1.54. The summed E-state index contributed by atoms with van der Waals surface area (Å²) >= 11 is 0. The van der Waals surface area contributed by atoms with Gasteiger partial charge in [0.15, 0.2) is 0 Å². The highest BCUT2D eigenvalue weighted by Crippen LogP contribution is 2.20. The summed E-state index contributed by atoms with van der Waals surface area (Å²) in [6.45, 7) is 6.45. The van der Waals surface area contributed by atoms with Crippen LogP contribution in [0.1, 0.15) is 18.5 Å². The largest absolute Gasteiger partial charge is 0.381 e. The van der Waals surface area contributed by atoms with E-state index in [0.29, 0.717) is 18.3 Å². The molecule has 0 bridgehead atoms. The first kappa shape index (κ1) is 15.0. The molecule has 0 unspecified atom stereocenters. The first-order valence-corrected chi connectivity index (χ1v) is 7.83. The molecule has 22 heavy (non-hydrogen) atoms. The van der Waals surface area contributed by atoms with E-state index in [1.165, 1.54) is 0 Å². The smallest absolute Gasteiger partial charge is 0.223 e. The molecule has 2 fully saturated rings. The minimum absolute atomic E-state index is 0.244. The van der Waals surface area contributed by atoms with Gasteiger partial charge in [0, 0.05) is 57.6 Å². The Hall–Kier alpha value is -1.89. The van der Waals surface area contributed by atoms with Crippen LogP contribution >= 0.6 is 0 Å². The molecule has 2 saturated heterocycles. The number of nitrogen functional groups attached to an aromatic ring is 1. The van der Waals surface area contributed by atoms with Crippen molar-refractivity contribution in [2.45, 2.75) is 19.8 Å². The van der Waals surface area contributed by atoms with Gasteiger partial charge in [-0.2, -0.15) is 4.98 Å². The van der Waals surface area contributed by atoms with Crippen LogP contribution in [0.3, 0.4) is 0 Å². The highest BCUT2D eigenvalue weighted by molar-refractivity contribution is 5.76. The van der Waals surface area contributed by atoms with Gasteiger partial charge in [-0.05, 0) is 19.3 Å². The van der Waals surface area contributed by atoms with E-state index >= 15 is 0 Å². The number of piperazine rings is 1. The zero-order valence-electron chi connectivity index (χ0n) is 13.0. The zero-order valence-corrected chi connectivity index (χ0v) is 13.0. The van der Waals surface area contributed by atoms with Crippen LogP contribution in [0.2, 0.25) is 0 Å². The second-order valence-corrected chi connectivity index (χ2v) is 6.03. The molecular weight excluding hydrogens is 282 g/mol. The molecule has 0 aliphatic carbocycles. The van der Waals surface area contributed by atoms with Crippen molar-refractivity contribution in [3.63, 3.8) is 0 Å². The summed E-state index contributed by atoms with van der Waals surface area (Å²) in [5.74, 6) is 1.79. The van der Waals surface area contributed by atoms with Gasteiger partial charge < -0.3 is 20.3 Å². The molecule has 0 spiro atoms. The first-order chi connectivity index (χ1) is 10.6. The number of anilines is 2. The number of rotatable bonds is 3. The third kappa shape index (κ3) is 3.47. The average molecular weight is 305 g/mol. The van der Waals surface area contributed by atoms with Gasteiger partial charge in [-0.25, -0.2) is 4.98 Å². The Kier molecular flexibility index (Phi) is 4.42. The Morgan fingerprint density at radius 2 is 2.14 bits per heavy atom. The first-order valence-electron chi connectivity index (χ1n) is 7.83. The van der Waals surface area contributed by atoms with Crippen molar-refractivity contribution < 1.29 is 9.53 Å². The summed E-state index contributed by atoms with van der Waals surface area (Å²) in [4.78, 5) is 24.8. The van der Waals surface area contributed by atoms with Gasteiger partial charge in [0.1, 0.15) is 5.82 Å². The lowest BCUT2D eigenvalue weighted by Crippen LogP contribution is -2.49. The number of hydrogen-bond donors (Lipinski definition) is 1. The number of aryl methyl sites for hydroxylation is 1. The van der Waals surface area contributed by atoms with E-state index in [1.807, 2.05) is 17.9 Å². The SMILES string of the molecule is Cc1cc(N2CCN(C(=O)C[C@@H]3CCOC3)CC2)nc(N)n1. The van der Waals surface area contributed by atoms with Gasteiger partial charge in [0.2, 0.25) is 11.9 Å². The molecule has 1 aromatic heterocycles. The van der Waals surface area contributed by atoms with Crippen molar-refractivity contribution in [2.24, 2.45) is 5.92 Å². The van der Waals surface area contributed by atoms with E-state index in [2.05, 4.69) is 14.9 Å². The molecule has 1 amide bonds. The maximum absolute atomic E-state index is 12.3. The Morgan fingerprint density at radius 3 is 2.77 bits per heavy atom. The topological polar surface area (TPSA) is 84.6 Å². The van der Waals surface area contributed by atoms with Crippen molar-refractivity contribution in [2.75, 3.05) is 50.0 Å². The van der Waals surface area contributed by atoms with Crippen molar-refractivity contribution in [3.05, 3.63) is 11.8 Å². The van der Waals surface area contributed by atoms with Gasteiger partial charge >= 0.3 is 0 Å². The van der Waals surface area contributed by atoms with Gasteiger partial charge in [0.05, 0.1) is 0 Å². The molecule has 2 N–H and O–H groups in total. The Bertz CT molecular complexity index is 516. The summed E-state index contributed by atoms with van der Waals surface area (Å²) in [5, 5.41) is 0. The predicted octanol–water partition coefficient (Wildman–Crippen LogP) is 0.442. The Labute approximate surface area is 130 Å². The molecular formula is C15H23N5O2. The van der Waals surface area contributed by atoms with Gasteiger partial charge in [-0.1, -0.05) is 0 Å². The molecule has 3 heterocycles. The van der Waals surface area contributed by atoms with E-state index in [0.717, 1.165) is 57.3 Å². The number of amides is 1. The molecule has 120 valence electrons. The summed E-state index contributed by atoms with van der Waals surface area (Å²) in [7, 11) is 0. The molecule has 0 saturated carbocycles. The molecule has 3 rings (SSSR count). The van der Waals surface area contributed by atoms with Crippen LogP contribution < -0.4 is 10.6 Å². The van der Waals surface area contributed by atoms with E-state index in [9.17, 15) is 4.79 Å². The second-order valence-electron chi connectivity index (χ2n) is 6.03. The van der Waals surface area contributed by atoms with E-state index in [-0.39, 0.29) is 5.91 Å². The zero-order chi connectivity index (χ0) is 15.5. The lowest BCUT2D eigenvalue weighted by atomic mass is 10.0. The van der Waals surface area contributed by atoms with E-state index in [4.69, 9.17) is 10.5 Å². The molecule has 2 aliphatic heterocycles. The Morgan fingerprint density at radius 1 is 1.36 bits per heavy atom. The fourth-order valence-corrected chi connectivity index (χ4v) is 3.04. The standard InChI is InChI=1S/C15H23N5O2/c1-11-8-13(18-15(16)17-11)19-3-5-20(6-4-19)14(21)9-12-2-7-22-10-12/h8,12H,2-7,9-10H2,1H3,(H2,16,17,18)/t12-/m0/s1. The normalized spacial score (nSPS) is 22.1. The van der Waals surface area contributed by atoms with E-state index < -0.39 is 0 Å². The van der Waals surface area contributed by atoms with Crippen LogP contribution in [0.4, 0.5) is 11.8 Å². The maximum Gasteiger partial charge on any atom is 0.223 e. The monoisotopic (exact) mass is 305 g/mol. The van der Waals surface area contributed by atoms with Crippen LogP contribution in [-0.4, -0.2) is 60.2 Å². The summed E-state index contributed by atoms with van der Waals surface area (Å²) in [6, 6.07) is 1.93. The average Bonchev–Trinajstić information content (AvgIpc) is 2.99. The number of carbonyl (C=O) groups is 1. The molecule has 0 radical (unpaired) electrons. The molecule has 1 aromatic rings. The molecule has 7 nitrogen and oxygen atoms in total.